The number of rotatable bonds is 8. The minimum atomic E-state index is 0.127. The van der Waals surface area contributed by atoms with Gasteiger partial charge in [-0.05, 0) is 57.1 Å². The lowest BCUT2D eigenvalue weighted by atomic mass is 9.94. The van der Waals surface area contributed by atoms with Gasteiger partial charge in [0.1, 0.15) is 25.0 Å². The van der Waals surface area contributed by atoms with Crippen LogP contribution in [0.5, 0.6) is 5.88 Å². The molecule has 1 aliphatic rings. The second-order valence-electron chi connectivity index (χ2n) is 6.80. The van der Waals surface area contributed by atoms with Crippen LogP contribution in [0.15, 0.2) is 26.8 Å². The summed E-state index contributed by atoms with van der Waals surface area (Å²) in [6, 6.07) is 2.02. The molecule has 1 heterocycles. The van der Waals surface area contributed by atoms with E-state index in [0.717, 1.165) is 54.8 Å². The van der Waals surface area contributed by atoms with Crippen LogP contribution < -0.4 is 10.2 Å². The molecule has 1 aliphatic carbocycles. The summed E-state index contributed by atoms with van der Waals surface area (Å²) in [7, 11) is 4.00. The van der Waals surface area contributed by atoms with Gasteiger partial charge in [0.25, 0.3) is 0 Å². The van der Waals surface area contributed by atoms with Crippen molar-refractivity contribution in [3.8, 4) is 5.88 Å². The van der Waals surface area contributed by atoms with Crippen molar-refractivity contribution in [2.45, 2.75) is 45.6 Å². The van der Waals surface area contributed by atoms with Gasteiger partial charge >= 0.3 is 0 Å². The molecule has 1 aromatic rings. The number of aryl methyl sites for hydroxylation is 1. The average Bonchev–Trinajstić information content (AvgIpc) is 2.67. The predicted molar refractivity (Wildman–Crippen MR) is 120 cm³/mol. The van der Waals surface area contributed by atoms with E-state index in [4.69, 9.17) is 32.8 Å². The van der Waals surface area contributed by atoms with Gasteiger partial charge in [0.05, 0.1) is 23.4 Å². The molecule has 9 heteroatoms. The topological polar surface area (TPSA) is 59.3 Å². The number of halogens is 2. The Morgan fingerprint density at radius 1 is 1.39 bits per heavy atom. The van der Waals surface area contributed by atoms with Crippen LogP contribution in [0.1, 0.15) is 38.3 Å². The van der Waals surface area contributed by atoms with Crippen LogP contribution in [0.2, 0.25) is 0 Å². The zero-order valence-corrected chi connectivity index (χ0v) is 18.4. The summed E-state index contributed by atoms with van der Waals surface area (Å²) in [5, 5.41) is 4.15. The van der Waals surface area contributed by atoms with E-state index in [9.17, 15) is 0 Å². The van der Waals surface area contributed by atoms with Gasteiger partial charge < -0.3 is 14.5 Å². The Bertz CT molecular complexity index is 742. The Kier molecular flexibility index (Phi) is 9.12. The van der Waals surface area contributed by atoms with Crippen LogP contribution in [0.3, 0.4) is 0 Å². The molecule has 2 rings (SSSR count). The first kappa shape index (κ1) is 22.6. The Labute approximate surface area is 178 Å². The maximum absolute atomic E-state index is 6.16. The van der Waals surface area contributed by atoms with E-state index < -0.39 is 0 Å². The number of nitrogens with zero attached hydrogens (tertiary/aromatic N) is 4. The van der Waals surface area contributed by atoms with Crippen molar-refractivity contribution in [3.05, 3.63) is 22.3 Å². The van der Waals surface area contributed by atoms with E-state index >= 15 is 0 Å². The van der Waals surface area contributed by atoms with Crippen LogP contribution in [0.4, 0.5) is 5.69 Å². The third-order valence-corrected chi connectivity index (χ3v) is 4.83. The minimum Gasteiger partial charge on any atom is -0.475 e. The van der Waals surface area contributed by atoms with Crippen molar-refractivity contribution in [3.63, 3.8) is 0 Å². The zero-order valence-electron chi connectivity index (χ0n) is 16.9. The van der Waals surface area contributed by atoms with Crippen molar-refractivity contribution in [1.82, 2.24) is 9.88 Å². The van der Waals surface area contributed by atoms with Crippen molar-refractivity contribution >= 4 is 54.2 Å². The van der Waals surface area contributed by atoms with Crippen LogP contribution in [0, 0.1) is 6.92 Å². The second-order valence-corrected chi connectivity index (χ2v) is 7.80. The zero-order chi connectivity index (χ0) is 20.5. The van der Waals surface area contributed by atoms with Crippen LogP contribution in [-0.2, 0) is 4.84 Å². The first-order valence-corrected chi connectivity index (χ1v) is 10.2. The molecule has 0 unspecified atom stereocenters. The third kappa shape index (κ3) is 7.36. The van der Waals surface area contributed by atoms with Crippen molar-refractivity contribution < 1.29 is 9.57 Å². The molecule has 0 atom stereocenters. The van der Waals surface area contributed by atoms with Crippen molar-refractivity contribution in [2.24, 2.45) is 10.1 Å². The number of ether oxygens (including phenoxy) is 1. The van der Waals surface area contributed by atoms with E-state index in [2.05, 4.69) is 22.1 Å². The predicted octanol–water partition coefficient (Wildman–Crippen LogP) is 3.27. The average molecular weight is 425 g/mol. The van der Waals surface area contributed by atoms with Gasteiger partial charge in [0.15, 0.2) is 0 Å². The van der Waals surface area contributed by atoms with E-state index in [1.165, 1.54) is 0 Å². The molecule has 0 bridgehead atoms. The Morgan fingerprint density at radius 2 is 2.11 bits per heavy atom. The molecule has 0 amide bonds. The molecule has 1 saturated carbocycles. The molecule has 0 aliphatic heterocycles. The maximum atomic E-state index is 6.16. The quantitative estimate of drug-likeness (QED) is 0.211. The molecule has 0 radical (unpaired) electrons. The molecule has 1 aromatic heterocycles. The van der Waals surface area contributed by atoms with Crippen molar-refractivity contribution in [2.75, 3.05) is 20.2 Å². The van der Waals surface area contributed by atoms with E-state index in [0.29, 0.717) is 5.88 Å². The highest BCUT2D eigenvalue weighted by Crippen LogP contribution is 2.23. The molecule has 0 saturated heterocycles. The lowest BCUT2D eigenvalue weighted by Gasteiger charge is -2.24. The molecular formula is C19H27BCl2N4O2. The summed E-state index contributed by atoms with van der Waals surface area (Å²) < 4.78 is 6.35. The fourth-order valence-electron chi connectivity index (χ4n) is 2.68. The van der Waals surface area contributed by atoms with Crippen LogP contribution >= 0.6 is 23.2 Å². The SMILES string of the molecule is Bc1cc(/N=C/N(C)CC)c(C)nc1OC1CCC(=NOCC=C(Cl)Cl)CC1. The molecule has 0 N–H and O–H groups in total. The smallest absolute Gasteiger partial charge is 0.207 e. The first-order chi connectivity index (χ1) is 13.4. The van der Waals surface area contributed by atoms with Crippen LogP contribution in [-0.4, -0.2) is 56.1 Å². The number of aromatic nitrogens is 1. The van der Waals surface area contributed by atoms with E-state index in [-0.39, 0.29) is 17.2 Å². The highest BCUT2D eigenvalue weighted by Gasteiger charge is 2.21. The highest BCUT2D eigenvalue weighted by molar-refractivity contribution is 6.55. The Morgan fingerprint density at radius 3 is 2.75 bits per heavy atom. The molecule has 1 fully saturated rings. The monoisotopic (exact) mass is 424 g/mol. The van der Waals surface area contributed by atoms with Gasteiger partial charge in [-0.1, -0.05) is 28.4 Å². The summed E-state index contributed by atoms with van der Waals surface area (Å²) in [6.45, 7) is 5.22. The summed E-state index contributed by atoms with van der Waals surface area (Å²) in [5.41, 5.74) is 3.75. The van der Waals surface area contributed by atoms with Gasteiger partial charge in [-0.3, -0.25) is 0 Å². The minimum absolute atomic E-state index is 0.127. The van der Waals surface area contributed by atoms with Crippen molar-refractivity contribution in [1.29, 1.82) is 0 Å². The third-order valence-electron chi connectivity index (χ3n) is 4.52. The second kappa shape index (κ2) is 11.3. The maximum Gasteiger partial charge on any atom is 0.207 e. The Hall–Kier alpha value is -1.73. The summed E-state index contributed by atoms with van der Waals surface area (Å²) in [6.07, 6.45) is 6.96. The molecule has 0 aromatic carbocycles. The fraction of sp³-hybridized carbons (Fsp3) is 0.526. The lowest BCUT2D eigenvalue weighted by Crippen LogP contribution is -2.27. The summed E-state index contributed by atoms with van der Waals surface area (Å²) >= 11 is 11.1. The molecular weight excluding hydrogens is 398 g/mol. The first-order valence-electron chi connectivity index (χ1n) is 9.47. The van der Waals surface area contributed by atoms with Gasteiger partial charge in [0, 0.05) is 13.6 Å². The van der Waals surface area contributed by atoms with Gasteiger partial charge in [-0.15, -0.1) is 0 Å². The molecule has 28 heavy (non-hydrogen) atoms. The number of aliphatic imine (C=N–C) groups is 1. The van der Waals surface area contributed by atoms with Gasteiger partial charge in [0.2, 0.25) is 5.88 Å². The number of hydrogen-bond donors (Lipinski definition) is 0. The normalized spacial score (nSPS) is 16.8. The molecule has 6 nitrogen and oxygen atoms in total. The lowest BCUT2D eigenvalue weighted by molar-refractivity contribution is 0.157. The molecule has 0 spiro atoms. The van der Waals surface area contributed by atoms with E-state index in [1.54, 1.807) is 6.08 Å². The van der Waals surface area contributed by atoms with Gasteiger partial charge in [-0.25, -0.2) is 9.98 Å². The number of oxime groups is 1. The number of pyridine rings is 1. The van der Waals surface area contributed by atoms with Gasteiger partial charge in [-0.2, -0.15) is 0 Å². The molecule has 152 valence electrons. The standard InChI is InChI=1S/C19H27BCl2N4O2/c1-4-26(3)12-23-17-11-16(20)19(24-13(17)2)28-15-7-5-14(6-8-15)25-27-10-9-18(21)22/h9,11-12,15H,4-8,10,20H2,1-3H3/b23-12+,25-14?. The Balaban J connectivity index is 1.91. The summed E-state index contributed by atoms with van der Waals surface area (Å²) in [5.74, 6) is 0.684. The highest BCUT2D eigenvalue weighted by atomic mass is 35.5. The summed E-state index contributed by atoms with van der Waals surface area (Å²) in [4.78, 5) is 16.4. The number of hydrogen-bond acceptors (Lipinski definition) is 5. The van der Waals surface area contributed by atoms with Crippen LogP contribution in [0.25, 0.3) is 0 Å². The fourth-order valence-corrected chi connectivity index (χ4v) is 2.81. The largest absolute Gasteiger partial charge is 0.475 e. The van der Waals surface area contributed by atoms with E-state index in [1.807, 2.05) is 39.1 Å².